The second-order valence-electron chi connectivity index (χ2n) is 8.19. The molecular formula is C26H23N7O2. The average Bonchev–Trinajstić information content (AvgIpc) is 3.56. The minimum Gasteiger partial charge on any atom is -0.493 e. The van der Waals surface area contributed by atoms with E-state index in [9.17, 15) is 0 Å². The van der Waals surface area contributed by atoms with Gasteiger partial charge in [0.05, 0.1) is 24.3 Å². The number of ether oxygens (including phenoxy) is 2. The van der Waals surface area contributed by atoms with Crippen LogP contribution in [-0.4, -0.2) is 27.7 Å². The van der Waals surface area contributed by atoms with Crippen LogP contribution in [0, 0.1) is 0 Å². The Hall–Kier alpha value is -4.63. The molecule has 0 bridgehead atoms. The highest BCUT2D eigenvalue weighted by Crippen LogP contribution is 2.38. The molecule has 0 amide bonds. The molecule has 9 heteroatoms. The summed E-state index contributed by atoms with van der Waals surface area (Å²) in [5.41, 5.74) is 14.0. The van der Waals surface area contributed by atoms with E-state index in [1.807, 2.05) is 78.6 Å². The molecule has 1 aliphatic heterocycles. The van der Waals surface area contributed by atoms with Gasteiger partial charge in [-0.3, -0.25) is 15.1 Å². The van der Waals surface area contributed by atoms with Crippen LogP contribution in [0.1, 0.15) is 11.1 Å². The van der Waals surface area contributed by atoms with Crippen LogP contribution < -0.4 is 26.0 Å². The Morgan fingerprint density at radius 2 is 1.80 bits per heavy atom. The number of nitrogens with one attached hydrogen (secondary N) is 3. The standard InChI is InChI=1S/C26H23N7O2/c1-33-21-14-27-20-13-22(34-2)23(35-15-16-7-4-3-5-8-16)12-19(20)24(21)25(30-33)17-9-6-10-18(11-17)26-28-31-32-29-26/h3-14,31-32H,15H2,1-2H3,(H,28,29). The lowest BCUT2D eigenvalue weighted by molar-refractivity contribution is 0.285. The fourth-order valence-electron chi connectivity index (χ4n) is 4.30. The van der Waals surface area contributed by atoms with E-state index in [0.29, 0.717) is 23.9 Å². The fourth-order valence-corrected chi connectivity index (χ4v) is 4.30. The Bertz CT molecular complexity index is 1580. The molecule has 35 heavy (non-hydrogen) atoms. The third-order valence-electron chi connectivity index (χ3n) is 6.02. The summed E-state index contributed by atoms with van der Waals surface area (Å²) >= 11 is 0. The van der Waals surface area contributed by atoms with Gasteiger partial charge in [-0.25, -0.2) is 5.53 Å². The second kappa shape index (κ2) is 8.62. The van der Waals surface area contributed by atoms with Gasteiger partial charge in [0, 0.05) is 35.0 Å². The van der Waals surface area contributed by atoms with Crippen LogP contribution >= 0.6 is 0 Å². The number of pyridine rings is 1. The minimum atomic E-state index is 0.436. The largest absolute Gasteiger partial charge is 0.493 e. The molecule has 9 nitrogen and oxygen atoms in total. The maximum atomic E-state index is 6.19. The summed E-state index contributed by atoms with van der Waals surface area (Å²) in [6.45, 7) is 0.436. The Balaban J connectivity index is 1.50. The van der Waals surface area contributed by atoms with Crippen molar-refractivity contribution in [3.63, 3.8) is 0 Å². The average molecular weight is 466 g/mol. The van der Waals surface area contributed by atoms with Crippen LogP contribution in [0.25, 0.3) is 33.1 Å². The van der Waals surface area contributed by atoms with Crippen LogP contribution in [0.5, 0.6) is 11.5 Å². The molecule has 3 aromatic carbocycles. The molecule has 0 aliphatic carbocycles. The van der Waals surface area contributed by atoms with E-state index in [0.717, 1.165) is 44.2 Å². The van der Waals surface area contributed by atoms with E-state index in [-0.39, 0.29) is 0 Å². The van der Waals surface area contributed by atoms with Crippen LogP contribution in [0.2, 0.25) is 0 Å². The zero-order valence-corrected chi connectivity index (χ0v) is 19.2. The Morgan fingerprint density at radius 3 is 2.60 bits per heavy atom. The van der Waals surface area contributed by atoms with E-state index >= 15 is 0 Å². The number of hydrazine groups is 2. The van der Waals surface area contributed by atoms with E-state index in [1.165, 1.54) is 0 Å². The lowest BCUT2D eigenvalue weighted by Crippen LogP contribution is -2.35. The van der Waals surface area contributed by atoms with Gasteiger partial charge < -0.3 is 9.47 Å². The summed E-state index contributed by atoms with van der Waals surface area (Å²) in [6, 6.07) is 22.1. The third-order valence-corrected chi connectivity index (χ3v) is 6.02. The van der Waals surface area contributed by atoms with Crippen molar-refractivity contribution in [3.05, 3.63) is 84.1 Å². The van der Waals surface area contributed by atoms with Crippen LogP contribution in [0.3, 0.4) is 0 Å². The molecule has 1 aliphatic rings. The predicted molar refractivity (Wildman–Crippen MR) is 135 cm³/mol. The lowest BCUT2D eigenvalue weighted by Gasteiger charge is -2.13. The molecule has 3 heterocycles. The van der Waals surface area contributed by atoms with Crippen molar-refractivity contribution in [2.24, 2.45) is 12.1 Å². The van der Waals surface area contributed by atoms with Crippen LogP contribution in [0.4, 0.5) is 0 Å². The second-order valence-corrected chi connectivity index (χ2v) is 8.19. The molecule has 0 atom stereocenters. The van der Waals surface area contributed by atoms with Crippen molar-refractivity contribution in [3.8, 4) is 22.8 Å². The smallest absolute Gasteiger partial charge is 0.170 e. The first-order valence-corrected chi connectivity index (χ1v) is 11.2. The van der Waals surface area contributed by atoms with Crippen molar-refractivity contribution >= 4 is 27.6 Å². The number of benzene rings is 3. The van der Waals surface area contributed by atoms with Crippen LogP contribution in [0.15, 0.2) is 78.0 Å². The number of hydrogen-bond acceptors (Lipinski definition) is 8. The summed E-state index contributed by atoms with van der Waals surface area (Å²) in [7, 11) is 3.57. The third kappa shape index (κ3) is 3.77. The predicted octanol–water partition coefficient (Wildman–Crippen LogP) is 3.65. The zero-order chi connectivity index (χ0) is 23.8. The first-order chi connectivity index (χ1) is 17.2. The first kappa shape index (κ1) is 20.9. The number of fused-ring (bicyclic) bond motifs is 3. The summed E-state index contributed by atoms with van der Waals surface area (Å²) < 4.78 is 13.7. The van der Waals surface area contributed by atoms with Crippen molar-refractivity contribution in [2.45, 2.75) is 6.61 Å². The van der Waals surface area contributed by atoms with E-state index in [4.69, 9.17) is 14.6 Å². The maximum Gasteiger partial charge on any atom is 0.170 e. The summed E-state index contributed by atoms with van der Waals surface area (Å²) in [5, 5.41) is 11.0. The molecule has 6 rings (SSSR count). The van der Waals surface area contributed by atoms with Gasteiger partial charge in [-0.2, -0.15) is 5.10 Å². The van der Waals surface area contributed by atoms with Gasteiger partial charge in [0.1, 0.15) is 12.3 Å². The van der Waals surface area contributed by atoms with Crippen molar-refractivity contribution in [1.29, 1.82) is 0 Å². The number of methoxy groups -OCH3 is 1. The number of nitrogens with zero attached hydrogens (tertiary/aromatic N) is 4. The summed E-state index contributed by atoms with van der Waals surface area (Å²) in [6.07, 6.45) is 1.85. The summed E-state index contributed by atoms with van der Waals surface area (Å²) in [5.74, 6) is 2.00. The number of rotatable bonds is 6. The molecule has 0 radical (unpaired) electrons. The Labute approximate surface area is 201 Å². The number of aromatic nitrogens is 3. The van der Waals surface area contributed by atoms with Gasteiger partial charge in [0.2, 0.25) is 0 Å². The molecule has 0 unspecified atom stereocenters. The maximum absolute atomic E-state index is 6.19. The molecule has 2 aromatic heterocycles. The van der Waals surface area contributed by atoms with Gasteiger partial charge in [0.15, 0.2) is 17.3 Å². The normalized spacial score (nSPS) is 12.9. The molecule has 5 aromatic rings. The van der Waals surface area contributed by atoms with E-state index in [1.54, 1.807) is 7.11 Å². The Kier molecular flexibility index (Phi) is 5.16. The number of hydrogen-bond donors (Lipinski definition) is 3. The molecule has 174 valence electrons. The van der Waals surface area contributed by atoms with E-state index < -0.39 is 0 Å². The van der Waals surface area contributed by atoms with Gasteiger partial charge >= 0.3 is 0 Å². The Morgan fingerprint density at radius 1 is 0.943 bits per heavy atom. The van der Waals surface area contributed by atoms with Gasteiger partial charge in [0.25, 0.3) is 0 Å². The SMILES string of the molecule is COc1cc2ncc3c(c(-c4cccc(C5=NNNN5)c4)nn3C)c2cc1OCc1ccccc1. The van der Waals surface area contributed by atoms with Gasteiger partial charge in [-0.05, 0) is 17.7 Å². The van der Waals surface area contributed by atoms with Crippen molar-refractivity contribution < 1.29 is 9.47 Å². The number of hydrazone groups is 1. The van der Waals surface area contributed by atoms with Crippen molar-refractivity contribution in [2.75, 3.05) is 7.11 Å². The molecule has 0 spiro atoms. The quantitative estimate of drug-likeness (QED) is 0.352. The highest BCUT2D eigenvalue weighted by molar-refractivity contribution is 6.12. The highest BCUT2D eigenvalue weighted by Gasteiger charge is 2.19. The highest BCUT2D eigenvalue weighted by atomic mass is 16.5. The first-order valence-electron chi connectivity index (χ1n) is 11.2. The number of amidine groups is 1. The van der Waals surface area contributed by atoms with Crippen molar-refractivity contribution in [1.82, 2.24) is 31.3 Å². The number of aryl methyl sites for hydroxylation is 1. The fraction of sp³-hybridized carbons (Fsp3) is 0.115. The van der Waals surface area contributed by atoms with E-state index in [2.05, 4.69) is 32.6 Å². The minimum absolute atomic E-state index is 0.436. The monoisotopic (exact) mass is 465 g/mol. The molecule has 3 N–H and O–H groups in total. The van der Waals surface area contributed by atoms with Gasteiger partial charge in [-0.1, -0.05) is 48.5 Å². The molecule has 0 saturated heterocycles. The lowest BCUT2D eigenvalue weighted by atomic mass is 10.0. The topological polar surface area (TPSA) is 97.6 Å². The van der Waals surface area contributed by atoms with Crippen LogP contribution in [-0.2, 0) is 13.7 Å². The molecule has 0 fully saturated rings. The molecular weight excluding hydrogens is 442 g/mol. The zero-order valence-electron chi connectivity index (χ0n) is 19.2. The molecule has 0 saturated carbocycles. The summed E-state index contributed by atoms with van der Waals surface area (Å²) in [4.78, 5) is 4.68. The van der Waals surface area contributed by atoms with Gasteiger partial charge in [-0.15, -0.1) is 10.6 Å².